The molecule has 144 valence electrons. The minimum atomic E-state index is -0.490. The van der Waals surface area contributed by atoms with Crippen LogP contribution in [-0.4, -0.2) is 45.9 Å². The molecule has 0 bridgehead atoms. The van der Waals surface area contributed by atoms with Crippen LogP contribution in [0, 0.1) is 0 Å². The summed E-state index contributed by atoms with van der Waals surface area (Å²) in [7, 11) is 6.39. The van der Waals surface area contributed by atoms with Gasteiger partial charge in [0.05, 0.1) is 20.3 Å². The third-order valence-electron chi connectivity index (χ3n) is 3.74. The highest BCUT2D eigenvalue weighted by Crippen LogP contribution is 2.23. The van der Waals surface area contributed by atoms with Crippen molar-refractivity contribution in [3.8, 4) is 11.5 Å². The minimum Gasteiger partial charge on any atom is -0.497 e. The lowest BCUT2D eigenvalue weighted by atomic mass is 10.1. The van der Waals surface area contributed by atoms with Gasteiger partial charge in [0.1, 0.15) is 11.5 Å². The highest BCUT2D eigenvalue weighted by molar-refractivity contribution is 5.56. The molecule has 1 N–H and O–H groups in total. The number of benzene rings is 1. The molecule has 1 aromatic carbocycles. The van der Waals surface area contributed by atoms with Crippen molar-refractivity contribution in [2.45, 2.75) is 31.7 Å². The molecule has 1 unspecified atom stereocenters. The maximum Gasteiger partial charge on any atom is 0.176 e. The first-order valence-electron chi connectivity index (χ1n) is 8.61. The third kappa shape index (κ3) is 8.85. The number of aliphatic hydroxyl groups is 1. The molecule has 0 amide bonds. The van der Waals surface area contributed by atoms with Gasteiger partial charge in [-0.15, -0.1) is 0 Å². The number of methoxy groups -OCH3 is 4. The van der Waals surface area contributed by atoms with Crippen LogP contribution in [-0.2, 0) is 9.47 Å². The summed E-state index contributed by atoms with van der Waals surface area (Å²) < 4.78 is 20.6. The van der Waals surface area contributed by atoms with Gasteiger partial charge in [0, 0.05) is 20.3 Å². The number of aliphatic hydroxyl groups excluding tert-OH is 1. The second-order valence-electron chi connectivity index (χ2n) is 5.66. The summed E-state index contributed by atoms with van der Waals surface area (Å²) in [6.45, 7) is 0. The van der Waals surface area contributed by atoms with Gasteiger partial charge in [0.25, 0.3) is 0 Å². The first-order chi connectivity index (χ1) is 12.6. The van der Waals surface area contributed by atoms with Crippen LogP contribution in [0.25, 0.3) is 6.08 Å². The molecule has 0 aliphatic carbocycles. The number of rotatable bonds is 12. The van der Waals surface area contributed by atoms with Gasteiger partial charge in [0.2, 0.25) is 0 Å². The summed E-state index contributed by atoms with van der Waals surface area (Å²) in [5.41, 5.74) is 1.01. The topological polar surface area (TPSA) is 57.2 Å². The van der Waals surface area contributed by atoms with Gasteiger partial charge in [-0.05, 0) is 43.0 Å². The largest absolute Gasteiger partial charge is 0.497 e. The number of allylic oxidation sites excluding steroid dienone is 3. The second-order valence-corrected chi connectivity index (χ2v) is 5.66. The Morgan fingerprint density at radius 2 is 1.58 bits per heavy atom. The molecule has 5 heteroatoms. The average molecular weight is 362 g/mol. The van der Waals surface area contributed by atoms with E-state index >= 15 is 0 Å². The lowest BCUT2D eigenvalue weighted by molar-refractivity contribution is -0.0671. The Morgan fingerprint density at radius 3 is 2.15 bits per heavy atom. The van der Waals surface area contributed by atoms with E-state index in [1.165, 1.54) is 0 Å². The molecule has 0 heterocycles. The van der Waals surface area contributed by atoms with Crippen molar-refractivity contribution >= 4 is 6.08 Å². The average Bonchev–Trinajstić information content (AvgIpc) is 2.67. The number of hydrogen-bond donors (Lipinski definition) is 1. The maximum atomic E-state index is 9.88. The highest BCUT2D eigenvalue weighted by Gasteiger charge is 2.02. The van der Waals surface area contributed by atoms with Gasteiger partial charge >= 0.3 is 0 Å². The van der Waals surface area contributed by atoms with Crippen molar-refractivity contribution < 1.29 is 24.1 Å². The fourth-order valence-electron chi connectivity index (χ4n) is 2.28. The van der Waals surface area contributed by atoms with Crippen molar-refractivity contribution in [2.24, 2.45) is 0 Å². The maximum absolute atomic E-state index is 9.88. The molecule has 0 aliphatic rings. The summed E-state index contributed by atoms with van der Waals surface area (Å²) in [6, 6.07) is 5.74. The Hall–Kier alpha value is -2.08. The fourth-order valence-corrected chi connectivity index (χ4v) is 2.28. The van der Waals surface area contributed by atoms with Crippen LogP contribution < -0.4 is 9.47 Å². The predicted octanol–water partition coefficient (Wildman–Crippen LogP) is 3.98. The Kier molecular flexibility index (Phi) is 11.1. The van der Waals surface area contributed by atoms with Crippen molar-refractivity contribution in [3.63, 3.8) is 0 Å². The molecular weight excluding hydrogens is 332 g/mol. The van der Waals surface area contributed by atoms with Crippen LogP contribution in [0.2, 0.25) is 0 Å². The molecule has 0 radical (unpaired) electrons. The minimum absolute atomic E-state index is 0.412. The molecule has 0 saturated heterocycles. The fraction of sp³-hybridized carbons (Fsp3) is 0.429. The van der Waals surface area contributed by atoms with Crippen molar-refractivity contribution in [2.75, 3.05) is 28.4 Å². The zero-order chi connectivity index (χ0) is 19.2. The Bertz CT molecular complexity index is 566. The summed E-state index contributed by atoms with van der Waals surface area (Å²) in [5, 5.41) is 9.88. The van der Waals surface area contributed by atoms with Gasteiger partial charge in [-0.1, -0.05) is 30.4 Å². The first-order valence-corrected chi connectivity index (χ1v) is 8.61. The molecular formula is C21H30O5. The summed E-state index contributed by atoms with van der Waals surface area (Å²) in [4.78, 5) is 0. The van der Waals surface area contributed by atoms with E-state index in [4.69, 9.17) is 18.9 Å². The molecule has 0 fully saturated rings. The van der Waals surface area contributed by atoms with Crippen LogP contribution in [0.15, 0.2) is 48.6 Å². The van der Waals surface area contributed by atoms with E-state index in [2.05, 4.69) is 6.08 Å². The highest BCUT2D eigenvalue weighted by atomic mass is 16.7. The van der Waals surface area contributed by atoms with Crippen LogP contribution in [0.4, 0.5) is 0 Å². The zero-order valence-corrected chi connectivity index (χ0v) is 16.1. The smallest absolute Gasteiger partial charge is 0.176 e. The first kappa shape index (κ1) is 22.0. The zero-order valence-electron chi connectivity index (χ0n) is 16.1. The van der Waals surface area contributed by atoms with Crippen LogP contribution in [0.1, 0.15) is 24.8 Å². The van der Waals surface area contributed by atoms with Crippen molar-refractivity contribution in [1.82, 2.24) is 0 Å². The van der Waals surface area contributed by atoms with Crippen LogP contribution in [0.3, 0.4) is 0 Å². The lowest BCUT2D eigenvalue weighted by Gasteiger charge is -2.09. The molecule has 5 nitrogen and oxygen atoms in total. The molecule has 1 rings (SSSR count). The Labute approximate surface area is 156 Å². The third-order valence-corrected chi connectivity index (χ3v) is 3.74. The van der Waals surface area contributed by atoms with E-state index in [0.717, 1.165) is 29.9 Å². The second kappa shape index (κ2) is 13.2. The van der Waals surface area contributed by atoms with E-state index in [0.29, 0.717) is 6.42 Å². The van der Waals surface area contributed by atoms with Crippen LogP contribution >= 0.6 is 0 Å². The number of ether oxygens (including phenoxy) is 4. The van der Waals surface area contributed by atoms with E-state index in [9.17, 15) is 5.11 Å². The quantitative estimate of drug-likeness (QED) is 0.264. The molecule has 1 aromatic rings. The predicted molar refractivity (Wildman–Crippen MR) is 105 cm³/mol. The van der Waals surface area contributed by atoms with Crippen molar-refractivity contribution in [1.29, 1.82) is 0 Å². The van der Waals surface area contributed by atoms with E-state index in [1.54, 1.807) is 40.6 Å². The summed E-state index contributed by atoms with van der Waals surface area (Å²) >= 11 is 0. The number of hydrogen-bond acceptors (Lipinski definition) is 5. The van der Waals surface area contributed by atoms with Gasteiger partial charge in [-0.25, -0.2) is 0 Å². The van der Waals surface area contributed by atoms with E-state index in [1.807, 2.05) is 36.4 Å². The standard InChI is InChI=1S/C21H30O5/c1-23-19-14-17(15-20(16-19)24-2)10-8-6-5-7-9-11-18(22)12-13-21(25-3)26-4/h5-6,8,10,12-16,18,21-22H,7,9,11H2,1-4H3/b6-5+,10-8+,13-12+. The Morgan fingerprint density at radius 1 is 0.923 bits per heavy atom. The van der Waals surface area contributed by atoms with E-state index < -0.39 is 12.4 Å². The molecule has 0 saturated carbocycles. The molecule has 0 aromatic heterocycles. The summed E-state index contributed by atoms with van der Waals surface area (Å²) in [6.07, 6.45) is 13.1. The molecule has 0 spiro atoms. The molecule has 0 aliphatic heterocycles. The van der Waals surface area contributed by atoms with Crippen molar-refractivity contribution in [3.05, 3.63) is 54.1 Å². The Balaban J connectivity index is 2.36. The monoisotopic (exact) mass is 362 g/mol. The van der Waals surface area contributed by atoms with Gasteiger partial charge in [-0.3, -0.25) is 0 Å². The normalized spacial score (nSPS) is 13.3. The summed E-state index contributed by atoms with van der Waals surface area (Å²) in [5.74, 6) is 1.53. The van der Waals surface area contributed by atoms with Gasteiger partial charge in [-0.2, -0.15) is 0 Å². The molecule has 1 atom stereocenters. The van der Waals surface area contributed by atoms with Crippen LogP contribution in [0.5, 0.6) is 11.5 Å². The van der Waals surface area contributed by atoms with E-state index in [-0.39, 0.29) is 0 Å². The van der Waals surface area contributed by atoms with Gasteiger partial charge < -0.3 is 24.1 Å². The van der Waals surface area contributed by atoms with Gasteiger partial charge in [0.15, 0.2) is 6.29 Å². The molecule has 26 heavy (non-hydrogen) atoms. The number of unbranched alkanes of at least 4 members (excludes halogenated alkanes) is 1. The lowest BCUT2D eigenvalue weighted by Crippen LogP contribution is -2.11. The SMILES string of the molecule is COc1cc(/C=C/C=C/CCCC(O)/C=C/C(OC)OC)cc(OC)c1.